The van der Waals surface area contributed by atoms with Gasteiger partial charge in [-0.15, -0.1) is 5.41 Å². The van der Waals surface area contributed by atoms with E-state index in [0.717, 1.165) is 6.42 Å². The predicted molar refractivity (Wildman–Crippen MR) is 31.7 cm³/mol. The van der Waals surface area contributed by atoms with Crippen molar-refractivity contribution in [2.75, 3.05) is 0 Å². The van der Waals surface area contributed by atoms with Crippen LogP contribution in [-0.2, 0) is 4.79 Å². The minimum atomic E-state index is -0.222. The van der Waals surface area contributed by atoms with Gasteiger partial charge in [-0.3, -0.25) is 6.29 Å². The van der Waals surface area contributed by atoms with Crippen molar-refractivity contribution < 1.29 is 61.7 Å². The van der Waals surface area contributed by atoms with Crippen molar-refractivity contribution in [3.63, 3.8) is 0 Å². The summed E-state index contributed by atoms with van der Waals surface area (Å²) in [7, 11) is 0. The van der Waals surface area contributed by atoms with Crippen LogP contribution >= 0.6 is 0 Å². The first-order chi connectivity index (χ1) is 3.12. The first-order valence-corrected chi connectivity index (χ1v) is 2.51. The molecule has 0 radical (unpaired) electrons. The van der Waals surface area contributed by atoms with Crippen LogP contribution in [0.4, 0.5) is 0 Å². The summed E-state index contributed by atoms with van der Waals surface area (Å²) in [4.78, 5) is 9.93. The molecule has 0 spiro atoms. The maximum Gasteiger partial charge on any atom is 1.00 e. The van der Waals surface area contributed by atoms with E-state index in [1.54, 1.807) is 0 Å². The van der Waals surface area contributed by atoms with Crippen molar-refractivity contribution in [1.29, 1.82) is 0 Å². The summed E-state index contributed by atoms with van der Waals surface area (Å²) in [6.45, 7) is 5.73. The molecule has 0 amide bonds. The molecule has 0 fully saturated rings. The molecule has 50 valence electrons. The molecule has 0 bridgehead atoms. The molecule has 0 unspecified atom stereocenters. The molecule has 0 aromatic carbocycles. The van der Waals surface area contributed by atoms with Crippen molar-refractivity contribution in [3.8, 4) is 0 Å². The molecule has 9 heavy (non-hydrogen) atoms. The summed E-state index contributed by atoms with van der Waals surface area (Å²) >= 11 is 0. The first kappa shape index (κ1) is 16.7. The average molecular weight is 155 g/mol. The third-order valence-electron chi connectivity index (χ3n) is 1.16. The van der Waals surface area contributed by atoms with Gasteiger partial charge in [0.25, 0.3) is 0 Å². The Bertz CT molecular complexity index is 71.5. The molecular formula is C6H12KO2-. The van der Waals surface area contributed by atoms with Crippen LogP contribution < -0.4 is 51.4 Å². The van der Waals surface area contributed by atoms with Gasteiger partial charge in [0.2, 0.25) is 0 Å². The van der Waals surface area contributed by atoms with E-state index in [0.29, 0.717) is 0 Å². The molecule has 0 rings (SSSR count). The van der Waals surface area contributed by atoms with Crippen LogP contribution in [0.15, 0.2) is 0 Å². The Balaban J connectivity index is -0.000000180. The van der Waals surface area contributed by atoms with Gasteiger partial charge in [0.05, 0.1) is 0 Å². The topological polar surface area (TPSA) is 47.1 Å². The summed E-state index contributed by atoms with van der Waals surface area (Å²) in [5.41, 5.74) is -0.222. The van der Waals surface area contributed by atoms with Gasteiger partial charge in [-0.05, 0) is 0 Å². The van der Waals surface area contributed by atoms with Crippen LogP contribution in [0.3, 0.4) is 0 Å². The number of hydrogen-bond donors (Lipinski definition) is 0. The van der Waals surface area contributed by atoms with Crippen LogP contribution in [0.5, 0.6) is 0 Å². The van der Waals surface area contributed by atoms with Crippen molar-refractivity contribution in [1.82, 2.24) is 0 Å². The number of carbonyl (C=O) groups excluding carboxylic acids is 1. The maximum atomic E-state index is 9.93. The molecule has 0 aromatic rings. The second kappa shape index (κ2) is 7.37. The van der Waals surface area contributed by atoms with E-state index in [9.17, 15) is 4.79 Å². The molecule has 0 saturated carbocycles. The minimum Gasteiger partial charge on any atom is -0.870 e. The molecule has 0 aliphatic carbocycles. The molecule has 1 N–H and O–H groups in total. The summed E-state index contributed by atoms with van der Waals surface area (Å²) in [5, 5.41) is 0. The predicted octanol–water partition coefficient (Wildman–Crippen LogP) is -1.64. The Labute approximate surface area is 99.1 Å². The second-order valence-electron chi connectivity index (χ2n) is 2.34. The monoisotopic (exact) mass is 155 g/mol. The van der Waals surface area contributed by atoms with Crippen LogP contribution in [0.2, 0.25) is 0 Å². The van der Waals surface area contributed by atoms with Crippen LogP contribution in [0, 0.1) is 5.41 Å². The Kier molecular flexibility index (Phi) is 13.7. The summed E-state index contributed by atoms with van der Waals surface area (Å²) < 4.78 is 0. The quantitative estimate of drug-likeness (QED) is 0.355. The number of rotatable bonds is 2. The van der Waals surface area contributed by atoms with E-state index in [4.69, 9.17) is 0 Å². The average Bonchev–Trinajstić information content (AvgIpc) is 1.68. The molecular weight excluding hydrogens is 143 g/mol. The smallest absolute Gasteiger partial charge is 0.870 e. The van der Waals surface area contributed by atoms with Crippen molar-refractivity contribution in [2.45, 2.75) is 27.2 Å². The Hall–Kier alpha value is 1.27. The molecule has 3 heteroatoms. The van der Waals surface area contributed by atoms with E-state index in [-0.39, 0.29) is 62.3 Å². The van der Waals surface area contributed by atoms with E-state index < -0.39 is 0 Å². The van der Waals surface area contributed by atoms with Gasteiger partial charge < -0.3 is 10.3 Å². The molecule has 0 saturated heterocycles. The summed E-state index contributed by atoms with van der Waals surface area (Å²) in [5.74, 6) is 0. The Morgan fingerprint density at radius 1 is 1.44 bits per heavy atom. The van der Waals surface area contributed by atoms with Crippen LogP contribution in [0.25, 0.3) is 0 Å². The van der Waals surface area contributed by atoms with Gasteiger partial charge >= 0.3 is 51.4 Å². The third-order valence-corrected chi connectivity index (χ3v) is 1.16. The minimum absolute atomic E-state index is 0. The maximum absolute atomic E-state index is 9.93. The van der Waals surface area contributed by atoms with Crippen molar-refractivity contribution in [3.05, 3.63) is 0 Å². The van der Waals surface area contributed by atoms with Crippen LogP contribution in [0.1, 0.15) is 27.2 Å². The number of hydrogen-bond acceptors (Lipinski definition) is 2. The van der Waals surface area contributed by atoms with Crippen molar-refractivity contribution >= 4 is 6.29 Å². The van der Waals surface area contributed by atoms with Gasteiger partial charge in [-0.1, -0.05) is 27.2 Å². The van der Waals surface area contributed by atoms with Gasteiger partial charge in [0, 0.05) is 0 Å². The largest absolute Gasteiger partial charge is 1.00 e. The molecule has 0 aromatic heterocycles. The zero-order valence-corrected chi connectivity index (χ0v) is 9.69. The fourth-order valence-corrected chi connectivity index (χ4v) is 0.0722. The Morgan fingerprint density at radius 3 is 1.78 bits per heavy atom. The normalized spacial score (nSPS) is 8.78. The van der Waals surface area contributed by atoms with E-state index >= 15 is 0 Å². The third kappa shape index (κ3) is 9.27. The molecule has 0 atom stereocenters. The SMILES string of the molecule is CCC(C)(C)[C-]=O.[K+].[OH-]. The molecule has 0 heterocycles. The van der Waals surface area contributed by atoms with Gasteiger partial charge in [0.1, 0.15) is 0 Å². The van der Waals surface area contributed by atoms with Gasteiger partial charge in [-0.25, -0.2) is 0 Å². The van der Waals surface area contributed by atoms with E-state index in [2.05, 4.69) is 0 Å². The van der Waals surface area contributed by atoms with E-state index in [1.165, 1.54) is 0 Å². The molecule has 2 nitrogen and oxygen atoms in total. The van der Waals surface area contributed by atoms with E-state index in [1.807, 2.05) is 27.1 Å². The van der Waals surface area contributed by atoms with Gasteiger partial charge in [0.15, 0.2) is 0 Å². The van der Waals surface area contributed by atoms with Crippen molar-refractivity contribution in [2.24, 2.45) is 5.41 Å². The van der Waals surface area contributed by atoms with Gasteiger partial charge in [-0.2, -0.15) is 0 Å². The fraction of sp³-hybridized carbons (Fsp3) is 0.833. The fourth-order valence-electron chi connectivity index (χ4n) is 0.0722. The summed E-state index contributed by atoms with van der Waals surface area (Å²) in [6.07, 6.45) is 2.81. The summed E-state index contributed by atoms with van der Waals surface area (Å²) in [6, 6.07) is 0. The molecule has 0 aliphatic rings. The Morgan fingerprint density at radius 2 is 1.78 bits per heavy atom. The first-order valence-electron chi connectivity index (χ1n) is 2.51. The molecule has 0 aliphatic heterocycles. The zero-order chi connectivity index (χ0) is 5.91. The van der Waals surface area contributed by atoms with Crippen LogP contribution in [-0.4, -0.2) is 11.8 Å². The standard InChI is InChI=1S/C6H11O.K.H2O/c1-4-6(2,3)5-7;;/h4H2,1-3H3;;1H2/q-1;+1;/p-1. The zero-order valence-electron chi connectivity index (χ0n) is 6.56. The second-order valence-corrected chi connectivity index (χ2v) is 2.34.